The number of hydrogen-bond acceptors (Lipinski definition) is 6. The van der Waals surface area contributed by atoms with Gasteiger partial charge in [-0.3, -0.25) is 10.1 Å². The smallest absolute Gasteiger partial charge is 0.287 e. The number of hydrogen-bond donors (Lipinski definition) is 2. The van der Waals surface area contributed by atoms with E-state index in [-0.39, 0.29) is 17.8 Å². The first-order valence-electron chi connectivity index (χ1n) is 6.13. The topological polar surface area (TPSA) is 99.2 Å². The van der Waals surface area contributed by atoms with Crippen LogP contribution in [0.5, 0.6) is 0 Å². The van der Waals surface area contributed by atoms with E-state index in [2.05, 4.69) is 5.32 Å². The number of nitrogens with zero attached hydrogens (tertiary/aromatic N) is 2. The summed E-state index contributed by atoms with van der Waals surface area (Å²) in [4.78, 5) is 11.0. The Hall–Kier alpha value is -2.43. The first kappa shape index (κ1) is 15.0. The van der Waals surface area contributed by atoms with Gasteiger partial charge in [0.2, 0.25) is 0 Å². The maximum Gasteiger partial charge on any atom is 0.287 e. The highest BCUT2D eigenvalue weighted by atomic mass is 32.1. The molecule has 2 aromatic rings. The molecule has 1 atom stereocenters. The van der Waals surface area contributed by atoms with Crippen molar-refractivity contribution in [2.75, 3.05) is 11.9 Å². The third-order valence-corrected chi connectivity index (χ3v) is 4.13. The van der Waals surface area contributed by atoms with Crippen molar-refractivity contribution in [1.82, 2.24) is 0 Å². The molecule has 0 aliphatic rings. The fourth-order valence-corrected chi connectivity index (χ4v) is 2.63. The van der Waals surface area contributed by atoms with Crippen molar-refractivity contribution < 1.29 is 10.0 Å². The zero-order valence-corrected chi connectivity index (χ0v) is 12.1. The highest BCUT2D eigenvalue weighted by molar-refractivity contribution is 7.10. The van der Waals surface area contributed by atoms with Gasteiger partial charge in [0.05, 0.1) is 4.92 Å². The number of thiophene rings is 1. The second kappa shape index (κ2) is 5.91. The largest absolute Gasteiger partial charge is 0.383 e. The monoisotopic (exact) mass is 303 g/mol. The number of nitro groups is 1. The number of nitrogens with one attached hydrogen (secondary N) is 1. The summed E-state index contributed by atoms with van der Waals surface area (Å²) in [6.07, 6.45) is 0. The summed E-state index contributed by atoms with van der Waals surface area (Å²) in [6.45, 7) is 1.92. The van der Waals surface area contributed by atoms with Crippen LogP contribution in [0.1, 0.15) is 17.4 Å². The van der Waals surface area contributed by atoms with E-state index < -0.39 is 10.5 Å². The Balaban J connectivity index is 2.14. The first-order valence-corrected chi connectivity index (χ1v) is 7.01. The molecule has 1 aromatic heterocycles. The number of anilines is 1. The van der Waals surface area contributed by atoms with Crippen molar-refractivity contribution in [3.8, 4) is 6.07 Å². The fourth-order valence-electron chi connectivity index (χ4n) is 1.84. The molecule has 0 bridgehead atoms. The van der Waals surface area contributed by atoms with Gasteiger partial charge in [-0.1, -0.05) is 6.07 Å². The molecule has 0 spiro atoms. The molecule has 1 aromatic carbocycles. The summed E-state index contributed by atoms with van der Waals surface area (Å²) in [5, 5.41) is 35.0. The average molecular weight is 303 g/mol. The maximum absolute atomic E-state index is 10.8. The maximum atomic E-state index is 10.8. The molecule has 21 heavy (non-hydrogen) atoms. The van der Waals surface area contributed by atoms with E-state index >= 15 is 0 Å². The second-order valence-electron chi connectivity index (χ2n) is 4.71. The van der Waals surface area contributed by atoms with E-state index in [1.54, 1.807) is 13.0 Å². The molecule has 108 valence electrons. The SMILES string of the molecule is C[C@@](O)(CNc1ccc([N+](=O)[O-])c(C#N)c1)c1cccs1. The minimum Gasteiger partial charge on any atom is -0.383 e. The van der Waals surface area contributed by atoms with E-state index in [1.807, 2.05) is 17.5 Å². The molecule has 2 rings (SSSR count). The van der Waals surface area contributed by atoms with Gasteiger partial charge in [-0.25, -0.2) is 0 Å². The Morgan fingerprint density at radius 3 is 2.86 bits per heavy atom. The van der Waals surface area contributed by atoms with Crippen LogP contribution >= 0.6 is 11.3 Å². The Morgan fingerprint density at radius 2 is 2.29 bits per heavy atom. The lowest BCUT2D eigenvalue weighted by Crippen LogP contribution is -2.29. The van der Waals surface area contributed by atoms with Crippen LogP contribution in [0.25, 0.3) is 0 Å². The lowest BCUT2D eigenvalue weighted by Gasteiger charge is -2.23. The minimum absolute atomic E-state index is 0.0132. The Morgan fingerprint density at radius 1 is 1.52 bits per heavy atom. The van der Waals surface area contributed by atoms with E-state index in [1.165, 1.54) is 29.5 Å². The summed E-state index contributed by atoms with van der Waals surface area (Å²) in [5.41, 5.74) is -0.745. The van der Waals surface area contributed by atoms with Crippen LogP contribution in [0.15, 0.2) is 35.7 Å². The highest BCUT2D eigenvalue weighted by Gasteiger charge is 2.24. The zero-order chi connectivity index (χ0) is 15.5. The van der Waals surface area contributed by atoms with Crippen molar-refractivity contribution in [3.63, 3.8) is 0 Å². The van der Waals surface area contributed by atoms with E-state index in [0.29, 0.717) is 5.69 Å². The molecule has 1 heterocycles. The van der Waals surface area contributed by atoms with Gasteiger partial charge in [-0.05, 0) is 30.5 Å². The molecule has 0 amide bonds. The number of rotatable bonds is 5. The Kier molecular flexibility index (Phi) is 4.21. The molecule has 0 saturated carbocycles. The van der Waals surface area contributed by atoms with Gasteiger partial charge in [0.15, 0.2) is 0 Å². The fraction of sp³-hybridized carbons (Fsp3) is 0.214. The van der Waals surface area contributed by atoms with Gasteiger partial charge in [0.1, 0.15) is 17.2 Å². The summed E-state index contributed by atoms with van der Waals surface area (Å²) < 4.78 is 0. The van der Waals surface area contributed by atoms with Crippen LogP contribution in [0.4, 0.5) is 11.4 Å². The van der Waals surface area contributed by atoms with Gasteiger partial charge in [-0.2, -0.15) is 5.26 Å². The van der Waals surface area contributed by atoms with Gasteiger partial charge in [-0.15, -0.1) is 11.3 Å². The number of nitro benzene ring substituents is 1. The Labute approximate surface area is 125 Å². The molecule has 0 unspecified atom stereocenters. The lowest BCUT2D eigenvalue weighted by atomic mass is 10.0. The van der Waals surface area contributed by atoms with Crippen LogP contribution in [0.2, 0.25) is 0 Å². The minimum atomic E-state index is -1.05. The van der Waals surface area contributed by atoms with Gasteiger partial charge in [0.25, 0.3) is 5.69 Å². The normalized spacial score (nSPS) is 13.2. The lowest BCUT2D eigenvalue weighted by molar-refractivity contribution is -0.385. The summed E-state index contributed by atoms with van der Waals surface area (Å²) in [7, 11) is 0. The quantitative estimate of drug-likeness (QED) is 0.653. The average Bonchev–Trinajstić information content (AvgIpc) is 2.99. The molecule has 0 aliphatic carbocycles. The molecular weight excluding hydrogens is 290 g/mol. The number of benzene rings is 1. The Bertz CT molecular complexity index is 690. The predicted molar refractivity (Wildman–Crippen MR) is 80.2 cm³/mol. The standard InChI is InChI=1S/C14H13N3O3S/c1-14(18,13-3-2-6-21-13)9-16-11-4-5-12(17(19)20)10(7-11)8-15/h2-7,16,18H,9H2,1H3/t14-/m1/s1. The van der Waals surface area contributed by atoms with Crippen molar-refractivity contribution in [1.29, 1.82) is 5.26 Å². The third kappa shape index (κ3) is 3.37. The molecule has 0 fully saturated rings. The summed E-state index contributed by atoms with van der Waals surface area (Å²) in [6, 6.07) is 9.69. The van der Waals surface area contributed by atoms with Crippen LogP contribution in [0.3, 0.4) is 0 Å². The molecular formula is C14H13N3O3S. The van der Waals surface area contributed by atoms with Crippen molar-refractivity contribution in [3.05, 3.63) is 56.3 Å². The van der Waals surface area contributed by atoms with Crippen molar-refractivity contribution >= 4 is 22.7 Å². The molecule has 2 N–H and O–H groups in total. The molecule has 0 aliphatic heterocycles. The van der Waals surface area contributed by atoms with Gasteiger partial charge >= 0.3 is 0 Å². The van der Waals surface area contributed by atoms with Crippen LogP contribution in [-0.4, -0.2) is 16.6 Å². The van der Waals surface area contributed by atoms with E-state index in [9.17, 15) is 15.2 Å². The van der Waals surface area contributed by atoms with Crippen molar-refractivity contribution in [2.24, 2.45) is 0 Å². The second-order valence-corrected chi connectivity index (χ2v) is 5.65. The van der Waals surface area contributed by atoms with Gasteiger partial charge < -0.3 is 10.4 Å². The summed E-state index contributed by atoms with van der Waals surface area (Å²) in [5.74, 6) is 0. The molecule has 0 radical (unpaired) electrons. The zero-order valence-electron chi connectivity index (χ0n) is 11.2. The molecule has 6 nitrogen and oxygen atoms in total. The van der Waals surface area contributed by atoms with Crippen LogP contribution in [-0.2, 0) is 5.60 Å². The number of nitriles is 1. The number of aliphatic hydroxyl groups is 1. The van der Waals surface area contributed by atoms with E-state index in [4.69, 9.17) is 5.26 Å². The highest BCUT2D eigenvalue weighted by Crippen LogP contribution is 2.27. The first-order chi connectivity index (χ1) is 9.94. The van der Waals surface area contributed by atoms with Crippen molar-refractivity contribution in [2.45, 2.75) is 12.5 Å². The third-order valence-electron chi connectivity index (χ3n) is 3.00. The molecule has 0 saturated heterocycles. The van der Waals surface area contributed by atoms with Gasteiger partial charge in [0, 0.05) is 23.2 Å². The van der Waals surface area contributed by atoms with E-state index in [0.717, 1.165) is 4.88 Å². The van der Waals surface area contributed by atoms with Crippen LogP contribution < -0.4 is 5.32 Å². The van der Waals surface area contributed by atoms with Crippen LogP contribution in [0, 0.1) is 21.4 Å². The molecule has 7 heteroatoms. The summed E-state index contributed by atoms with van der Waals surface area (Å²) >= 11 is 1.45. The predicted octanol–water partition coefficient (Wildman–Crippen LogP) is 2.85.